The second kappa shape index (κ2) is 10.3. The van der Waals surface area contributed by atoms with E-state index in [-0.39, 0.29) is 29.2 Å². The van der Waals surface area contributed by atoms with Crippen LogP contribution in [0.3, 0.4) is 0 Å². The Morgan fingerprint density at radius 3 is 2.55 bits per heavy atom. The highest BCUT2D eigenvalue weighted by molar-refractivity contribution is 6.35. The fourth-order valence-electron chi connectivity index (χ4n) is 3.12. The maximum Gasteiger partial charge on any atom is 0.256 e. The van der Waals surface area contributed by atoms with Crippen LogP contribution in [0.25, 0.3) is 0 Å². The molecule has 0 aliphatic heterocycles. The van der Waals surface area contributed by atoms with Gasteiger partial charge in [0, 0.05) is 16.8 Å². The Morgan fingerprint density at radius 2 is 1.76 bits per heavy atom. The van der Waals surface area contributed by atoms with Gasteiger partial charge in [-0.3, -0.25) is 9.48 Å². The predicted molar refractivity (Wildman–Crippen MR) is 128 cm³/mol. The van der Waals surface area contributed by atoms with Crippen molar-refractivity contribution in [2.45, 2.75) is 13.2 Å². The number of hydrogen-bond acceptors (Lipinski definition) is 3. The largest absolute Gasteiger partial charge is 0.487 e. The van der Waals surface area contributed by atoms with Crippen molar-refractivity contribution in [1.82, 2.24) is 9.78 Å². The number of hydrogen-bond donors (Lipinski definition) is 1. The van der Waals surface area contributed by atoms with Gasteiger partial charge in [0.25, 0.3) is 5.91 Å². The van der Waals surface area contributed by atoms with E-state index in [1.54, 1.807) is 54.7 Å². The second-order valence-corrected chi connectivity index (χ2v) is 8.42. The quantitative estimate of drug-likeness (QED) is 0.299. The molecule has 0 atom stereocenters. The number of anilines is 1. The summed E-state index contributed by atoms with van der Waals surface area (Å²) < 4.78 is 20.7. The fraction of sp³-hybridized carbons (Fsp3) is 0.0833. The molecule has 0 aliphatic carbocycles. The summed E-state index contributed by atoms with van der Waals surface area (Å²) in [7, 11) is 0. The van der Waals surface area contributed by atoms with E-state index in [0.717, 1.165) is 11.1 Å². The van der Waals surface area contributed by atoms with Gasteiger partial charge >= 0.3 is 0 Å². The molecule has 0 fully saturated rings. The molecular weight excluding hydrogens is 488 g/mol. The molecule has 33 heavy (non-hydrogen) atoms. The second-order valence-electron chi connectivity index (χ2n) is 7.17. The standard InChI is InChI=1S/C24H17Cl3FN3O2/c25-18-7-8-22(20(26)11-18)33-14-16-4-1-5-17(9-16)24(32)29-23-21(27)13-31(30-23)12-15-3-2-6-19(28)10-15/h1-11,13H,12,14H2,(H,29,30,32). The molecule has 4 rings (SSSR count). The Morgan fingerprint density at radius 1 is 0.970 bits per heavy atom. The van der Waals surface area contributed by atoms with Gasteiger partial charge < -0.3 is 10.1 Å². The Labute approximate surface area is 204 Å². The minimum atomic E-state index is -0.376. The van der Waals surface area contributed by atoms with Crippen LogP contribution in [-0.4, -0.2) is 15.7 Å². The molecule has 1 aromatic heterocycles. The summed E-state index contributed by atoms with van der Waals surface area (Å²) in [4.78, 5) is 12.8. The smallest absolute Gasteiger partial charge is 0.256 e. The number of halogens is 4. The van der Waals surface area contributed by atoms with Gasteiger partial charge in [0.15, 0.2) is 5.82 Å². The van der Waals surface area contributed by atoms with E-state index in [0.29, 0.717) is 27.9 Å². The van der Waals surface area contributed by atoms with Crippen LogP contribution in [0.5, 0.6) is 5.75 Å². The van der Waals surface area contributed by atoms with Crippen molar-refractivity contribution in [1.29, 1.82) is 0 Å². The maximum absolute atomic E-state index is 13.4. The highest BCUT2D eigenvalue weighted by Gasteiger charge is 2.14. The Hall–Kier alpha value is -3.06. The lowest BCUT2D eigenvalue weighted by Crippen LogP contribution is -2.13. The molecule has 9 heteroatoms. The number of nitrogens with one attached hydrogen (secondary N) is 1. The first-order chi connectivity index (χ1) is 15.9. The molecule has 1 N–H and O–H groups in total. The van der Waals surface area contributed by atoms with E-state index in [9.17, 15) is 9.18 Å². The molecule has 0 aliphatic rings. The number of ether oxygens (including phenoxy) is 1. The monoisotopic (exact) mass is 503 g/mol. The lowest BCUT2D eigenvalue weighted by atomic mass is 10.1. The van der Waals surface area contributed by atoms with Crippen LogP contribution in [0.1, 0.15) is 21.5 Å². The number of rotatable bonds is 7. The van der Waals surface area contributed by atoms with E-state index < -0.39 is 0 Å². The predicted octanol–water partition coefficient (Wildman–Crippen LogP) is 6.86. The summed E-state index contributed by atoms with van der Waals surface area (Å²) in [6.45, 7) is 0.527. The minimum absolute atomic E-state index is 0.214. The Kier molecular flexibility index (Phi) is 7.18. The SMILES string of the molecule is O=C(Nc1nn(Cc2cccc(F)c2)cc1Cl)c1cccc(COc2ccc(Cl)cc2Cl)c1. The average Bonchev–Trinajstić information content (AvgIpc) is 3.11. The van der Waals surface area contributed by atoms with Crippen LogP contribution < -0.4 is 10.1 Å². The van der Waals surface area contributed by atoms with Gasteiger partial charge in [0.05, 0.1) is 11.6 Å². The first kappa shape index (κ1) is 23.1. The van der Waals surface area contributed by atoms with Gasteiger partial charge in [-0.2, -0.15) is 5.10 Å². The van der Waals surface area contributed by atoms with E-state index in [4.69, 9.17) is 39.5 Å². The minimum Gasteiger partial charge on any atom is -0.487 e. The summed E-state index contributed by atoms with van der Waals surface area (Å²) in [5, 5.41) is 8.20. The Bertz CT molecular complexity index is 1310. The molecule has 0 radical (unpaired) electrons. The zero-order valence-corrected chi connectivity index (χ0v) is 19.3. The maximum atomic E-state index is 13.4. The summed E-state index contributed by atoms with van der Waals surface area (Å²) in [5.74, 6) is -0.0000330. The highest BCUT2D eigenvalue weighted by Crippen LogP contribution is 2.28. The van der Waals surface area contributed by atoms with Crippen LogP contribution in [-0.2, 0) is 13.2 Å². The fourth-order valence-corrected chi connectivity index (χ4v) is 3.78. The molecule has 0 unspecified atom stereocenters. The third-order valence-corrected chi connectivity index (χ3v) is 5.47. The molecule has 1 amide bonds. The lowest BCUT2D eigenvalue weighted by Gasteiger charge is -2.09. The first-order valence-electron chi connectivity index (χ1n) is 9.83. The molecule has 0 bridgehead atoms. The normalized spacial score (nSPS) is 10.8. The van der Waals surface area contributed by atoms with Crippen molar-refractivity contribution in [3.05, 3.63) is 111 Å². The van der Waals surface area contributed by atoms with Crippen LogP contribution in [0.15, 0.2) is 72.9 Å². The summed E-state index contributed by atoms with van der Waals surface area (Å²) in [5.41, 5.74) is 1.91. The average molecular weight is 505 g/mol. The van der Waals surface area contributed by atoms with Gasteiger partial charge in [0.1, 0.15) is 23.2 Å². The number of carbonyl (C=O) groups excluding carboxylic acids is 1. The van der Waals surface area contributed by atoms with E-state index in [1.807, 2.05) is 6.07 Å². The number of nitrogens with zero attached hydrogens (tertiary/aromatic N) is 2. The van der Waals surface area contributed by atoms with Gasteiger partial charge in [-0.15, -0.1) is 0 Å². The number of aromatic nitrogens is 2. The van der Waals surface area contributed by atoms with Crippen molar-refractivity contribution in [3.8, 4) is 5.75 Å². The third-order valence-electron chi connectivity index (χ3n) is 4.66. The first-order valence-corrected chi connectivity index (χ1v) is 11.0. The van der Waals surface area contributed by atoms with Crippen LogP contribution in [0.4, 0.5) is 10.2 Å². The Balaban J connectivity index is 1.42. The summed E-state index contributed by atoms with van der Waals surface area (Å²) in [6, 6.07) is 18.1. The highest BCUT2D eigenvalue weighted by atomic mass is 35.5. The van der Waals surface area contributed by atoms with Gasteiger partial charge in [-0.1, -0.05) is 59.1 Å². The molecule has 3 aromatic carbocycles. The number of benzene rings is 3. The van der Waals surface area contributed by atoms with Crippen molar-refractivity contribution < 1.29 is 13.9 Å². The van der Waals surface area contributed by atoms with Crippen LogP contribution >= 0.6 is 34.8 Å². The molecule has 4 aromatic rings. The lowest BCUT2D eigenvalue weighted by molar-refractivity contribution is 0.102. The summed E-state index contributed by atoms with van der Waals surface area (Å²) >= 11 is 18.3. The van der Waals surface area contributed by atoms with Gasteiger partial charge in [0.2, 0.25) is 0 Å². The molecule has 168 valence electrons. The molecule has 5 nitrogen and oxygen atoms in total. The molecular formula is C24H17Cl3FN3O2. The van der Waals surface area contributed by atoms with Crippen molar-refractivity contribution in [3.63, 3.8) is 0 Å². The molecule has 0 saturated heterocycles. The van der Waals surface area contributed by atoms with E-state index in [1.165, 1.54) is 16.8 Å². The summed E-state index contributed by atoms with van der Waals surface area (Å²) in [6.07, 6.45) is 1.57. The van der Waals surface area contributed by atoms with Crippen LogP contribution in [0.2, 0.25) is 15.1 Å². The van der Waals surface area contributed by atoms with Crippen molar-refractivity contribution >= 4 is 46.5 Å². The number of amides is 1. The van der Waals surface area contributed by atoms with Crippen molar-refractivity contribution in [2.24, 2.45) is 0 Å². The van der Waals surface area contributed by atoms with Crippen LogP contribution in [0, 0.1) is 5.82 Å². The molecule has 1 heterocycles. The van der Waals surface area contributed by atoms with Crippen molar-refractivity contribution in [2.75, 3.05) is 5.32 Å². The zero-order chi connectivity index (χ0) is 23.4. The van der Waals surface area contributed by atoms with Gasteiger partial charge in [-0.25, -0.2) is 4.39 Å². The number of carbonyl (C=O) groups is 1. The van der Waals surface area contributed by atoms with Gasteiger partial charge in [-0.05, 0) is 53.6 Å². The molecule has 0 saturated carbocycles. The third kappa shape index (κ3) is 6.05. The topological polar surface area (TPSA) is 56.2 Å². The zero-order valence-electron chi connectivity index (χ0n) is 17.1. The van der Waals surface area contributed by atoms with E-state index >= 15 is 0 Å². The van der Waals surface area contributed by atoms with E-state index in [2.05, 4.69) is 10.4 Å². The molecule has 0 spiro atoms.